The third-order valence-electron chi connectivity index (χ3n) is 8.14. The molecule has 0 amide bonds. The normalized spacial score (nSPS) is 52.6. The summed E-state index contributed by atoms with van der Waals surface area (Å²) in [6.45, 7) is 0. The molecule has 1 heteroatoms. The van der Waals surface area contributed by atoms with E-state index >= 15 is 0 Å². The van der Waals surface area contributed by atoms with Gasteiger partial charge in [-0.05, 0) is 0 Å². The number of rotatable bonds is 2. The Morgan fingerprint density at radius 2 is 1.06 bits per heavy atom. The van der Waals surface area contributed by atoms with Gasteiger partial charge in [0.2, 0.25) is 0 Å². The molecule has 0 aromatic rings. The maximum atomic E-state index is 2.86. The van der Waals surface area contributed by atoms with Crippen molar-refractivity contribution in [2.75, 3.05) is 0 Å². The summed E-state index contributed by atoms with van der Waals surface area (Å²) < 4.78 is 1.90. The molecule has 0 radical (unpaired) electrons. The van der Waals surface area contributed by atoms with Crippen LogP contribution >= 0.6 is 0 Å². The Hall–Kier alpha value is 0.714. The molecule has 0 nitrogen and oxygen atoms in total. The third-order valence-corrected chi connectivity index (χ3v) is 18.6. The van der Waals surface area contributed by atoms with Crippen molar-refractivity contribution in [3.05, 3.63) is 0 Å². The molecule has 0 N–H and O–H groups in total. The molecular formula is C16H28Ti. The van der Waals surface area contributed by atoms with Crippen LogP contribution in [0.15, 0.2) is 0 Å². The topological polar surface area (TPSA) is 0 Å². The molecule has 0 spiro atoms. The van der Waals surface area contributed by atoms with Crippen LogP contribution in [0.4, 0.5) is 0 Å². The summed E-state index contributed by atoms with van der Waals surface area (Å²) >= 11 is -1.65. The van der Waals surface area contributed by atoms with Crippen LogP contribution in [0.25, 0.3) is 0 Å². The van der Waals surface area contributed by atoms with E-state index in [0.717, 1.165) is 19.3 Å². The van der Waals surface area contributed by atoms with Crippen LogP contribution in [0.5, 0.6) is 0 Å². The van der Waals surface area contributed by atoms with Crippen molar-refractivity contribution in [2.24, 2.45) is 11.8 Å². The molecule has 96 valence electrons. The summed E-state index contributed by atoms with van der Waals surface area (Å²) in [5.74, 6) is 2.32. The zero-order valence-electron chi connectivity index (χ0n) is 11.7. The molecule has 0 atom stereocenters. The molecule has 4 aliphatic carbocycles. The van der Waals surface area contributed by atoms with E-state index in [2.05, 4.69) is 10.5 Å². The minimum atomic E-state index is -1.65. The van der Waals surface area contributed by atoms with Gasteiger partial charge in [0.1, 0.15) is 0 Å². The summed E-state index contributed by atoms with van der Waals surface area (Å²) in [4.78, 5) is 0. The SMILES string of the molecule is [CH3][Ti]([CH3])([C]12CCC(CC1)C2)[C]12CCC(CC1)C2. The van der Waals surface area contributed by atoms with E-state index in [1.807, 2.05) is 0 Å². The van der Waals surface area contributed by atoms with Crippen molar-refractivity contribution in [3.63, 3.8) is 0 Å². The molecule has 0 aromatic carbocycles. The van der Waals surface area contributed by atoms with Crippen LogP contribution in [0.3, 0.4) is 0 Å². The molecule has 4 bridgehead atoms. The molecule has 0 aliphatic heterocycles. The fourth-order valence-corrected chi connectivity index (χ4v) is 15.8. The van der Waals surface area contributed by atoms with E-state index < -0.39 is 16.6 Å². The summed E-state index contributed by atoms with van der Waals surface area (Å²) in [5.41, 5.74) is 0. The molecule has 17 heavy (non-hydrogen) atoms. The van der Waals surface area contributed by atoms with E-state index in [4.69, 9.17) is 0 Å². The van der Waals surface area contributed by atoms with Crippen molar-refractivity contribution in [3.8, 4) is 0 Å². The van der Waals surface area contributed by atoms with E-state index in [-0.39, 0.29) is 0 Å². The first-order valence-corrected chi connectivity index (χ1v) is 12.8. The van der Waals surface area contributed by atoms with Crippen LogP contribution in [0.1, 0.15) is 64.2 Å². The van der Waals surface area contributed by atoms with Gasteiger partial charge in [0.15, 0.2) is 0 Å². The van der Waals surface area contributed by atoms with Crippen LogP contribution in [0, 0.1) is 11.8 Å². The van der Waals surface area contributed by atoms with Crippen molar-refractivity contribution in [1.29, 1.82) is 0 Å². The zero-order chi connectivity index (χ0) is 11.7. The Labute approximate surface area is 110 Å². The number of fused-ring (bicyclic) bond motifs is 4. The van der Waals surface area contributed by atoms with Crippen molar-refractivity contribution < 1.29 is 16.6 Å². The fraction of sp³-hybridized carbons (Fsp3) is 1.00. The van der Waals surface area contributed by atoms with Gasteiger partial charge in [0, 0.05) is 0 Å². The standard InChI is InChI=1S/2C7H11.2CH3.Ti/c2*1-2-7-4-3-6(1)5-7;;;/h2*6H,1-5H2;2*1H3;. The molecule has 4 aliphatic rings. The van der Waals surface area contributed by atoms with Gasteiger partial charge in [-0.25, -0.2) is 0 Å². The summed E-state index contributed by atoms with van der Waals surface area (Å²) in [6, 6.07) is 0. The fourth-order valence-electron chi connectivity index (χ4n) is 6.70. The van der Waals surface area contributed by atoms with Crippen molar-refractivity contribution >= 4 is 0 Å². The van der Waals surface area contributed by atoms with Crippen LogP contribution < -0.4 is 0 Å². The Balaban J connectivity index is 1.71. The Bertz CT molecular complexity index is 295. The summed E-state index contributed by atoms with van der Waals surface area (Å²) in [5, 5.41) is 5.72. The first-order chi connectivity index (χ1) is 8.07. The van der Waals surface area contributed by atoms with Crippen LogP contribution in [-0.2, 0) is 16.6 Å². The molecule has 0 unspecified atom stereocenters. The van der Waals surface area contributed by atoms with Gasteiger partial charge in [-0.2, -0.15) is 0 Å². The molecule has 0 aromatic heterocycles. The predicted octanol–water partition coefficient (Wildman–Crippen LogP) is 5.74. The van der Waals surface area contributed by atoms with Gasteiger partial charge in [-0.15, -0.1) is 0 Å². The van der Waals surface area contributed by atoms with E-state index in [1.54, 1.807) is 64.2 Å². The molecule has 0 heterocycles. The van der Waals surface area contributed by atoms with Gasteiger partial charge < -0.3 is 0 Å². The minimum absolute atomic E-state index is 0.948. The van der Waals surface area contributed by atoms with Crippen molar-refractivity contribution in [2.45, 2.75) is 82.1 Å². The van der Waals surface area contributed by atoms with Gasteiger partial charge in [-0.1, -0.05) is 0 Å². The monoisotopic (exact) mass is 268 g/mol. The number of hydrogen-bond acceptors (Lipinski definition) is 0. The second kappa shape index (κ2) is 3.43. The predicted molar refractivity (Wildman–Crippen MR) is 70.3 cm³/mol. The summed E-state index contributed by atoms with van der Waals surface area (Å²) in [6.07, 6.45) is 16.4. The molecule has 0 saturated heterocycles. The van der Waals surface area contributed by atoms with E-state index in [0.29, 0.717) is 0 Å². The average Bonchev–Trinajstić information content (AvgIpc) is 3.09. The first kappa shape index (κ1) is 11.5. The van der Waals surface area contributed by atoms with E-state index in [1.165, 1.54) is 0 Å². The first-order valence-electron chi connectivity index (χ1n) is 8.07. The second-order valence-electron chi connectivity index (χ2n) is 8.48. The van der Waals surface area contributed by atoms with Gasteiger partial charge in [0.25, 0.3) is 0 Å². The molecular weight excluding hydrogens is 240 g/mol. The summed E-state index contributed by atoms with van der Waals surface area (Å²) in [7, 11) is 0. The van der Waals surface area contributed by atoms with Gasteiger partial charge in [-0.3, -0.25) is 0 Å². The molecule has 4 fully saturated rings. The molecule has 4 saturated carbocycles. The van der Waals surface area contributed by atoms with Crippen LogP contribution in [-0.4, -0.2) is 0 Å². The zero-order valence-corrected chi connectivity index (χ0v) is 13.3. The Kier molecular flexibility index (Phi) is 2.32. The van der Waals surface area contributed by atoms with E-state index in [9.17, 15) is 0 Å². The second-order valence-corrected chi connectivity index (χ2v) is 16.9. The number of hydrogen-bond donors (Lipinski definition) is 0. The van der Waals surface area contributed by atoms with Gasteiger partial charge in [0.05, 0.1) is 0 Å². The quantitative estimate of drug-likeness (QED) is 0.560. The Morgan fingerprint density at radius 3 is 1.29 bits per heavy atom. The maximum absolute atomic E-state index is 2.86. The average molecular weight is 268 g/mol. The van der Waals surface area contributed by atoms with Crippen LogP contribution in [0.2, 0.25) is 17.9 Å². The molecule has 4 rings (SSSR count). The van der Waals surface area contributed by atoms with Crippen molar-refractivity contribution in [1.82, 2.24) is 0 Å². The third kappa shape index (κ3) is 1.30. The van der Waals surface area contributed by atoms with Gasteiger partial charge >= 0.3 is 111 Å². The Morgan fingerprint density at radius 1 is 0.706 bits per heavy atom.